The van der Waals surface area contributed by atoms with Crippen LogP contribution in [0.2, 0.25) is 10.0 Å². The van der Waals surface area contributed by atoms with E-state index < -0.39 is 10.0 Å². The Morgan fingerprint density at radius 2 is 1.60 bits per heavy atom. The molecule has 4 aromatic rings. The first-order valence-electron chi connectivity index (χ1n) is 11.1. The molecule has 178 valence electrons. The average molecular weight is 525 g/mol. The molecule has 0 radical (unpaired) electrons. The van der Waals surface area contributed by atoms with E-state index in [-0.39, 0.29) is 22.5 Å². The van der Waals surface area contributed by atoms with Crippen LogP contribution in [0.3, 0.4) is 0 Å². The first kappa shape index (κ1) is 23.7. The molecule has 0 fully saturated rings. The van der Waals surface area contributed by atoms with Crippen LogP contribution in [0.15, 0.2) is 72.8 Å². The number of nitrogens with zero attached hydrogens (tertiary/aromatic N) is 1. The third-order valence-corrected chi connectivity index (χ3v) is 8.20. The van der Waals surface area contributed by atoms with Crippen molar-refractivity contribution in [3.63, 3.8) is 0 Å². The van der Waals surface area contributed by atoms with Crippen LogP contribution in [0.4, 0.5) is 11.4 Å². The van der Waals surface area contributed by atoms with Crippen LogP contribution in [0.5, 0.6) is 0 Å². The van der Waals surface area contributed by atoms with E-state index in [4.69, 9.17) is 23.2 Å². The van der Waals surface area contributed by atoms with E-state index in [9.17, 15) is 13.2 Å². The lowest BCUT2D eigenvalue weighted by Crippen LogP contribution is -2.29. The minimum absolute atomic E-state index is 0.0513. The zero-order chi connectivity index (χ0) is 24.7. The molecule has 0 heterocycles. The molecule has 5 nitrogen and oxygen atoms in total. The lowest BCUT2D eigenvalue weighted by molar-refractivity contribution is 0.102. The van der Waals surface area contributed by atoms with E-state index in [2.05, 4.69) is 17.4 Å². The van der Waals surface area contributed by atoms with Crippen LogP contribution in [-0.2, 0) is 29.4 Å². The second kappa shape index (κ2) is 9.19. The molecule has 1 aliphatic carbocycles. The number of hydrogen-bond donors (Lipinski definition) is 1. The summed E-state index contributed by atoms with van der Waals surface area (Å²) in [4.78, 5) is 13.0. The molecule has 0 aliphatic heterocycles. The van der Waals surface area contributed by atoms with E-state index in [0.29, 0.717) is 16.8 Å². The molecule has 35 heavy (non-hydrogen) atoms. The third kappa shape index (κ3) is 4.61. The van der Waals surface area contributed by atoms with Gasteiger partial charge in [0.2, 0.25) is 10.0 Å². The molecule has 1 N–H and O–H groups in total. The summed E-state index contributed by atoms with van der Waals surface area (Å²) in [6.07, 6.45) is 3.16. The van der Waals surface area contributed by atoms with Crippen molar-refractivity contribution in [2.24, 2.45) is 0 Å². The van der Waals surface area contributed by atoms with Crippen molar-refractivity contribution in [3.05, 3.63) is 105 Å². The predicted octanol–water partition coefficient (Wildman–Crippen LogP) is 6.46. The Kier molecular flexibility index (Phi) is 6.21. The number of carbonyl (C=O) groups excluding carboxylic acids is 1. The largest absolute Gasteiger partial charge is 0.321 e. The van der Waals surface area contributed by atoms with Crippen LogP contribution < -0.4 is 9.62 Å². The summed E-state index contributed by atoms with van der Waals surface area (Å²) < 4.78 is 26.2. The van der Waals surface area contributed by atoms with Gasteiger partial charge in [-0.1, -0.05) is 65.7 Å². The van der Waals surface area contributed by atoms with Crippen molar-refractivity contribution in [2.45, 2.75) is 19.4 Å². The highest BCUT2D eigenvalue weighted by atomic mass is 35.5. The number of carbonyl (C=O) groups is 1. The zero-order valence-corrected chi connectivity index (χ0v) is 21.2. The standard InChI is InChI=1S/C27H22Cl2N2O3S/c1-35(33,34)31(24-7-3-6-22(28)26(24)29)16-17-8-10-20(11-9-17)27(32)30-23-15-14-19-13-12-18-4-2-5-21(23)25(18)19/h2-11,14-15H,12-13,16H2,1H3,(H,30,32). The number of rotatable bonds is 6. The second-order valence-electron chi connectivity index (χ2n) is 8.61. The van der Waals surface area contributed by atoms with Crippen molar-refractivity contribution in [1.29, 1.82) is 0 Å². The summed E-state index contributed by atoms with van der Waals surface area (Å²) in [7, 11) is -3.63. The lowest BCUT2D eigenvalue weighted by atomic mass is 10.0. The zero-order valence-electron chi connectivity index (χ0n) is 18.9. The third-order valence-electron chi connectivity index (χ3n) is 6.27. The highest BCUT2D eigenvalue weighted by Gasteiger charge is 2.22. The Labute approximate surface area is 214 Å². The fourth-order valence-corrected chi connectivity index (χ4v) is 5.88. The molecule has 0 unspecified atom stereocenters. The molecule has 0 atom stereocenters. The Bertz CT molecular complexity index is 1560. The average Bonchev–Trinajstić information content (AvgIpc) is 3.25. The van der Waals surface area contributed by atoms with Gasteiger partial charge in [-0.05, 0) is 65.3 Å². The number of nitrogens with one attached hydrogen (secondary N) is 1. The summed E-state index contributed by atoms with van der Waals surface area (Å²) in [5, 5.41) is 5.75. The minimum Gasteiger partial charge on any atom is -0.321 e. The first-order chi connectivity index (χ1) is 16.7. The first-order valence-corrected chi connectivity index (χ1v) is 13.7. The Hall–Kier alpha value is -3.06. The summed E-state index contributed by atoms with van der Waals surface area (Å²) in [5.74, 6) is -0.229. The maximum atomic E-state index is 13.0. The number of hydrogen-bond acceptors (Lipinski definition) is 3. The second-order valence-corrected chi connectivity index (χ2v) is 11.3. The van der Waals surface area contributed by atoms with Crippen molar-refractivity contribution in [2.75, 3.05) is 15.9 Å². The van der Waals surface area contributed by atoms with E-state index >= 15 is 0 Å². The van der Waals surface area contributed by atoms with Crippen molar-refractivity contribution in [1.82, 2.24) is 0 Å². The molecule has 1 aliphatic rings. The van der Waals surface area contributed by atoms with Gasteiger partial charge < -0.3 is 5.32 Å². The number of benzene rings is 4. The van der Waals surface area contributed by atoms with Crippen molar-refractivity contribution < 1.29 is 13.2 Å². The molecule has 5 rings (SSSR count). The number of sulfonamides is 1. The Balaban J connectivity index is 1.38. The van der Waals surface area contributed by atoms with Crippen LogP contribution in [0.25, 0.3) is 10.8 Å². The van der Waals surface area contributed by atoms with Crippen LogP contribution >= 0.6 is 23.2 Å². The van der Waals surface area contributed by atoms with Crippen LogP contribution in [-0.4, -0.2) is 20.6 Å². The quantitative estimate of drug-likeness (QED) is 0.314. The van der Waals surface area contributed by atoms with Gasteiger partial charge in [-0.15, -0.1) is 0 Å². The van der Waals surface area contributed by atoms with E-state index in [1.165, 1.54) is 20.8 Å². The highest BCUT2D eigenvalue weighted by molar-refractivity contribution is 7.92. The van der Waals surface area contributed by atoms with Crippen LogP contribution in [0.1, 0.15) is 27.0 Å². The number of amides is 1. The minimum atomic E-state index is -3.63. The number of anilines is 2. The Morgan fingerprint density at radius 3 is 2.31 bits per heavy atom. The molecule has 0 saturated heterocycles. The molecular formula is C27H22Cl2N2O3S. The van der Waals surface area contributed by atoms with E-state index in [0.717, 1.165) is 30.2 Å². The molecule has 0 aromatic heterocycles. The smallest absolute Gasteiger partial charge is 0.255 e. The van der Waals surface area contributed by atoms with Gasteiger partial charge in [-0.3, -0.25) is 9.10 Å². The molecule has 0 bridgehead atoms. The molecule has 1 amide bonds. The molecule has 8 heteroatoms. The van der Waals surface area contributed by atoms with Gasteiger partial charge in [-0.2, -0.15) is 0 Å². The van der Waals surface area contributed by atoms with Gasteiger partial charge >= 0.3 is 0 Å². The monoisotopic (exact) mass is 524 g/mol. The van der Waals surface area contributed by atoms with Gasteiger partial charge in [0, 0.05) is 16.6 Å². The van der Waals surface area contributed by atoms with E-state index in [1.54, 1.807) is 42.5 Å². The maximum Gasteiger partial charge on any atom is 0.255 e. The summed E-state index contributed by atoms with van der Waals surface area (Å²) in [5.41, 5.74) is 4.88. The van der Waals surface area contributed by atoms with E-state index in [1.807, 2.05) is 18.2 Å². The van der Waals surface area contributed by atoms with Gasteiger partial charge in [0.05, 0.1) is 28.5 Å². The maximum absolute atomic E-state index is 13.0. The number of halogens is 2. The fourth-order valence-electron chi connectivity index (χ4n) is 4.54. The van der Waals surface area contributed by atoms with Crippen molar-refractivity contribution in [3.8, 4) is 0 Å². The normalized spacial score (nSPS) is 12.7. The summed E-state index contributed by atoms with van der Waals surface area (Å²) in [6, 6.07) is 21.9. The lowest BCUT2D eigenvalue weighted by Gasteiger charge is -2.24. The molecule has 0 spiro atoms. The molecule has 0 saturated carbocycles. The van der Waals surface area contributed by atoms with Gasteiger partial charge in [0.25, 0.3) is 5.91 Å². The fraction of sp³-hybridized carbons (Fsp3) is 0.148. The summed E-state index contributed by atoms with van der Waals surface area (Å²) >= 11 is 12.4. The number of aryl methyl sites for hydroxylation is 2. The van der Waals surface area contributed by atoms with Crippen LogP contribution in [0, 0.1) is 0 Å². The highest BCUT2D eigenvalue weighted by Crippen LogP contribution is 2.36. The molecule has 4 aromatic carbocycles. The van der Waals surface area contributed by atoms with Crippen molar-refractivity contribution >= 4 is 61.3 Å². The topological polar surface area (TPSA) is 66.5 Å². The predicted molar refractivity (Wildman–Crippen MR) is 143 cm³/mol. The SMILES string of the molecule is CS(=O)(=O)N(Cc1ccc(C(=O)Nc2ccc3c4c(cccc24)CC3)cc1)c1cccc(Cl)c1Cl. The van der Waals surface area contributed by atoms with Gasteiger partial charge in [0.15, 0.2) is 0 Å². The Morgan fingerprint density at radius 1 is 0.914 bits per heavy atom. The molecular weight excluding hydrogens is 503 g/mol. The van der Waals surface area contributed by atoms with Gasteiger partial charge in [0.1, 0.15) is 0 Å². The van der Waals surface area contributed by atoms with Gasteiger partial charge in [-0.25, -0.2) is 8.42 Å². The summed E-state index contributed by atoms with van der Waals surface area (Å²) in [6.45, 7) is 0.0513.